The Morgan fingerprint density at radius 1 is 1.47 bits per heavy atom. The van der Waals surface area contributed by atoms with E-state index < -0.39 is 21.1 Å². The zero-order chi connectivity index (χ0) is 12.6. The fourth-order valence-electron chi connectivity index (χ4n) is 0.431. The molecule has 0 radical (unpaired) electrons. The Balaban J connectivity index is -0.000000105. The molecular formula is C5H9NNa2O6S3. The molecule has 0 fully saturated rings. The molecule has 0 aliphatic rings. The minimum absolute atomic E-state index is 0. The molecule has 0 spiro atoms. The molecule has 0 aliphatic heterocycles. The third-order valence-corrected chi connectivity index (χ3v) is 1.22. The minimum atomic E-state index is -4.33. The van der Waals surface area contributed by atoms with Crippen LogP contribution >= 0.6 is 12.6 Å². The van der Waals surface area contributed by atoms with E-state index in [1.54, 1.807) is 0 Å². The first-order valence-corrected chi connectivity index (χ1v) is 6.32. The summed E-state index contributed by atoms with van der Waals surface area (Å²) in [6.45, 7) is 1.26. The number of hydrogen-bond donors (Lipinski definition) is 3. The predicted octanol–water partition coefficient (Wildman–Crippen LogP) is -7.49. The fraction of sp³-hybridized carbons (Fsp3) is 0.600. The van der Waals surface area contributed by atoms with Gasteiger partial charge in [0, 0.05) is 12.7 Å². The van der Waals surface area contributed by atoms with Crippen LogP contribution in [0.15, 0.2) is 0 Å². The first-order chi connectivity index (χ1) is 6.57. The van der Waals surface area contributed by atoms with Crippen molar-refractivity contribution in [3.8, 4) is 0 Å². The van der Waals surface area contributed by atoms with E-state index in [-0.39, 0.29) is 70.8 Å². The number of aliphatic carboxylic acids is 1. The van der Waals surface area contributed by atoms with Crippen molar-refractivity contribution in [3.05, 3.63) is 0 Å². The number of amides is 1. The number of nitrogens with one attached hydrogen (secondary N) is 1. The standard InChI is InChI=1S/C5H9NO3S.2Na.H2O3S2/c1-3(7)6-4(2-10)5(8)9;;;1-5(2,3)4/h4,10H,2H2,1H3,(H,6,7)(H,8,9);;;(H2,1,2,3,4)/q;2*+1;/p-2/t4-;;;/m0.../s1. The SMILES string of the molecule is CC(=O)N[C@@H](CS)C(=O)O.O=S([O-])([O-])=S.[Na+].[Na+]. The summed E-state index contributed by atoms with van der Waals surface area (Å²) in [5.74, 6) is -1.32. The van der Waals surface area contributed by atoms with Crippen LogP contribution in [0.5, 0.6) is 0 Å². The molecule has 0 aromatic rings. The Hall–Kier alpha value is 1.58. The Labute approximate surface area is 154 Å². The van der Waals surface area contributed by atoms with Crippen LogP contribution in [0.3, 0.4) is 0 Å². The Morgan fingerprint density at radius 2 is 1.76 bits per heavy atom. The van der Waals surface area contributed by atoms with Gasteiger partial charge in [-0.25, -0.2) is 4.79 Å². The van der Waals surface area contributed by atoms with Crippen molar-refractivity contribution >= 4 is 44.7 Å². The van der Waals surface area contributed by atoms with E-state index in [0.717, 1.165) is 0 Å². The minimum Gasteiger partial charge on any atom is -0.780 e. The summed E-state index contributed by atoms with van der Waals surface area (Å²) in [7, 11) is -4.33. The molecule has 0 aromatic carbocycles. The number of carbonyl (C=O) groups excluding carboxylic acids is 1. The zero-order valence-corrected chi connectivity index (χ0v) is 16.1. The topological polar surface area (TPSA) is 130 Å². The zero-order valence-electron chi connectivity index (χ0n) is 9.54. The summed E-state index contributed by atoms with van der Waals surface area (Å²) in [6.07, 6.45) is 0. The molecule has 0 saturated heterocycles. The van der Waals surface area contributed by atoms with Gasteiger partial charge in [0.05, 0.1) is 0 Å². The molecule has 0 saturated carbocycles. The molecule has 1 atom stereocenters. The number of thiol groups is 1. The molecule has 0 bridgehead atoms. The van der Waals surface area contributed by atoms with Crippen molar-refractivity contribution in [2.75, 3.05) is 5.75 Å². The van der Waals surface area contributed by atoms with E-state index in [0.29, 0.717) is 0 Å². The van der Waals surface area contributed by atoms with Gasteiger partial charge in [-0.2, -0.15) is 12.6 Å². The van der Waals surface area contributed by atoms with Crippen LogP contribution in [0.1, 0.15) is 6.92 Å². The fourth-order valence-corrected chi connectivity index (χ4v) is 0.678. The van der Waals surface area contributed by atoms with Crippen LogP contribution in [0.4, 0.5) is 0 Å². The van der Waals surface area contributed by atoms with Crippen LogP contribution in [0.2, 0.25) is 0 Å². The van der Waals surface area contributed by atoms with E-state index in [2.05, 4.69) is 29.1 Å². The van der Waals surface area contributed by atoms with Gasteiger partial charge in [0.25, 0.3) is 0 Å². The maximum Gasteiger partial charge on any atom is 1.00 e. The number of carboxylic acid groups (broad SMARTS) is 1. The van der Waals surface area contributed by atoms with Gasteiger partial charge in [-0.1, -0.05) is 0 Å². The summed E-state index contributed by atoms with van der Waals surface area (Å²) < 4.78 is 26.7. The first-order valence-electron chi connectivity index (χ1n) is 3.35. The van der Waals surface area contributed by atoms with Crippen molar-refractivity contribution in [1.29, 1.82) is 0 Å². The summed E-state index contributed by atoms with van der Waals surface area (Å²) in [5.41, 5.74) is 0. The predicted molar refractivity (Wildman–Crippen MR) is 56.2 cm³/mol. The number of rotatable bonds is 3. The third-order valence-electron chi connectivity index (χ3n) is 0.858. The Morgan fingerprint density at radius 3 is 1.82 bits per heavy atom. The molecule has 17 heavy (non-hydrogen) atoms. The summed E-state index contributed by atoms with van der Waals surface area (Å²) in [4.78, 5) is 20.5. The van der Waals surface area contributed by atoms with Crippen molar-refractivity contribution in [3.63, 3.8) is 0 Å². The van der Waals surface area contributed by atoms with Gasteiger partial charge in [0.1, 0.15) is 6.04 Å². The molecule has 0 aliphatic carbocycles. The van der Waals surface area contributed by atoms with E-state index in [9.17, 15) is 9.59 Å². The largest absolute Gasteiger partial charge is 1.00 e. The smallest absolute Gasteiger partial charge is 0.780 e. The van der Waals surface area contributed by atoms with Gasteiger partial charge < -0.3 is 19.5 Å². The van der Waals surface area contributed by atoms with Gasteiger partial charge in [0.2, 0.25) is 5.91 Å². The molecule has 0 rings (SSSR count). The monoisotopic (exact) mass is 321 g/mol. The van der Waals surface area contributed by atoms with Crippen LogP contribution in [0, 0.1) is 0 Å². The van der Waals surface area contributed by atoms with Crippen LogP contribution in [0.25, 0.3) is 0 Å². The molecule has 2 N–H and O–H groups in total. The maximum atomic E-state index is 10.3. The molecule has 0 unspecified atom stereocenters. The van der Waals surface area contributed by atoms with Crippen molar-refractivity contribution in [1.82, 2.24) is 5.32 Å². The molecule has 12 heteroatoms. The summed E-state index contributed by atoms with van der Waals surface area (Å²) >= 11 is 6.98. The van der Waals surface area contributed by atoms with Crippen LogP contribution in [-0.4, -0.2) is 42.1 Å². The van der Waals surface area contributed by atoms with Gasteiger partial charge in [-0.05, 0) is 11.2 Å². The summed E-state index contributed by atoms with van der Waals surface area (Å²) in [6, 6.07) is -0.874. The van der Waals surface area contributed by atoms with Crippen molar-refractivity contribution in [2.45, 2.75) is 13.0 Å². The Bertz CT molecular complexity index is 314. The first kappa shape index (κ1) is 27.0. The van der Waals surface area contributed by atoms with E-state index >= 15 is 0 Å². The molecule has 0 heterocycles. The Kier molecular flexibility index (Phi) is 22.2. The molecule has 7 nitrogen and oxygen atoms in total. The quantitative estimate of drug-likeness (QED) is 0.348. The van der Waals surface area contributed by atoms with Crippen LogP contribution in [-0.2, 0) is 29.8 Å². The van der Waals surface area contributed by atoms with Crippen molar-refractivity contribution in [2.24, 2.45) is 0 Å². The molecule has 90 valence electrons. The normalized spacial score (nSPS) is 10.6. The third kappa shape index (κ3) is 31.8. The van der Waals surface area contributed by atoms with Crippen LogP contribution < -0.4 is 64.4 Å². The average Bonchev–Trinajstić information content (AvgIpc) is 1.95. The second-order valence-electron chi connectivity index (χ2n) is 2.18. The average molecular weight is 321 g/mol. The number of hydrogen-bond acceptors (Lipinski definition) is 7. The van der Waals surface area contributed by atoms with Crippen molar-refractivity contribution < 1.29 is 87.1 Å². The van der Waals surface area contributed by atoms with Gasteiger partial charge in [-0.3, -0.25) is 9.00 Å². The number of carbonyl (C=O) groups is 2. The van der Waals surface area contributed by atoms with Gasteiger partial charge >= 0.3 is 65.1 Å². The van der Waals surface area contributed by atoms with E-state index in [1.165, 1.54) is 6.92 Å². The second kappa shape index (κ2) is 14.0. The molecular weight excluding hydrogens is 312 g/mol. The van der Waals surface area contributed by atoms with Gasteiger partial charge in [0.15, 0.2) is 0 Å². The molecule has 1 amide bonds. The maximum absolute atomic E-state index is 10.3. The van der Waals surface area contributed by atoms with E-state index in [1.807, 2.05) is 0 Å². The summed E-state index contributed by atoms with van der Waals surface area (Å²) in [5, 5.41) is 10.6. The van der Waals surface area contributed by atoms with E-state index in [4.69, 9.17) is 18.4 Å². The number of carboxylic acids is 1. The molecule has 0 aromatic heterocycles. The second-order valence-corrected chi connectivity index (χ2v) is 4.59. The van der Waals surface area contributed by atoms with Gasteiger partial charge in [-0.15, -0.1) is 9.05 Å².